The highest BCUT2D eigenvalue weighted by Gasteiger charge is 2.18. The molecule has 1 aliphatic carbocycles. The van der Waals surface area contributed by atoms with Crippen molar-refractivity contribution in [1.29, 1.82) is 0 Å². The molecule has 0 N–H and O–H groups in total. The van der Waals surface area contributed by atoms with Gasteiger partial charge >= 0.3 is 0 Å². The maximum Gasteiger partial charge on any atom is 0.191 e. The van der Waals surface area contributed by atoms with Gasteiger partial charge in [-0.2, -0.15) is 0 Å². The first-order valence-electron chi connectivity index (χ1n) is 4.64. The lowest BCUT2D eigenvalue weighted by atomic mass is 10.3. The fourth-order valence-electron chi connectivity index (χ4n) is 1.54. The van der Waals surface area contributed by atoms with E-state index in [1.165, 1.54) is 12.8 Å². The Morgan fingerprint density at radius 2 is 2.09 bits per heavy atom. The summed E-state index contributed by atoms with van der Waals surface area (Å²) in [7, 11) is 0. The Hall–Kier alpha value is -0.0800. The molecule has 0 amide bonds. The highest BCUT2D eigenvalue weighted by atomic mass is 16.6. The largest absolute Gasteiger partial charge is 0.346 e. The van der Waals surface area contributed by atoms with Crippen LogP contribution in [0.1, 0.15) is 45.4 Å². The fraction of sp³-hybridized carbons (Fsp3) is 1.00. The van der Waals surface area contributed by atoms with E-state index in [0.717, 1.165) is 19.3 Å². The van der Waals surface area contributed by atoms with Crippen molar-refractivity contribution < 1.29 is 9.84 Å². The molecule has 0 aromatic heterocycles. The molecule has 1 aliphatic rings. The van der Waals surface area contributed by atoms with E-state index in [4.69, 9.17) is 4.74 Å². The van der Waals surface area contributed by atoms with Crippen LogP contribution in [0.15, 0.2) is 0 Å². The second-order valence-corrected chi connectivity index (χ2v) is 3.26. The van der Waals surface area contributed by atoms with Crippen molar-refractivity contribution in [1.82, 2.24) is 0 Å². The van der Waals surface area contributed by atoms with Crippen LogP contribution in [0.2, 0.25) is 0 Å². The van der Waals surface area contributed by atoms with E-state index < -0.39 is 6.29 Å². The van der Waals surface area contributed by atoms with E-state index in [1.807, 2.05) is 6.92 Å². The highest BCUT2D eigenvalue weighted by Crippen LogP contribution is 2.22. The molecule has 2 nitrogen and oxygen atoms in total. The Morgan fingerprint density at radius 1 is 1.45 bits per heavy atom. The number of rotatable bonds is 4. The van der Waals surface area contributed by atoms with E-state index in [1.54, 1.807) is 0 Å². The minimum Gasteiger partial charge on any atom is -0.346 e. The molecular formula is C9H17O2. The van der Waals surface area contributed by atoms with Crippen LogP contribution in [-0.4, -0.2) is 12.4 Å². The SMILES string of the molecule is CCCC([O])OC1CCCC1. The van der Waals surface area contributed by atoms with Crippen LogP contribution < -0.4 is 0 Å². The topological polar surface area (TPSA) is 29.1 Å². The molecule has 1 saturated carbocycles. The molecule has 2 heteroatoms. The van der Waals surface area contributed by atoms with Crippen LogP contribution in [0.5, 0.6) is 0 Å². The second kappa shape index (κ2) is 4.73. The molecule has 0 aromatic carbocycles. The first-order chi connectivity index (χ1) is 5.33. The van der Waals surface area contributed by atoms with Crippen LogP contribution in [-0.2, 0) is 9.84 Å². The normalized spacial score (nSPS) is 22.4. The quantitative estimate of drug-likeness (QED) is 0.576. The number of hydrogen-bond acceptors (Lipinski definition) is 1. The molecule has 1 radical (unpaired) electrons. The van der Waals surface area contributed by atoms with E-state index in [9.17, 15) is 5.11 Å². The molecule has 1 fully saturated rings. The van der Waals surface area contributed by atoms with Crippen LogP contribution in [0.3, 0.4) is 0 Å². The summed E-state index contributed by atoms with van der Waals surface area (Å²) in [6.45, 7) is 2.02. The predicted molar refractivity (Wildman–Crippen MR) is 42.7 cm³/mol. The minimum atomic E-state index is -0.761. The van der Waals surface area contributed by atoms with E-state index >= 15 is 0 Å². The number of ether oxygens (including phenoxy) is 1. The van der Waals surface area contributed by atoms with Gasteiger partial charge in [-0.05, 0) is 12.8 Å². The second-order valence-electron chi connectivity index (χ2n) is 3.26. The summed E-state index contributed by atoms with van der Waals surface area (Å²) >= 11 is 0. The monoisotopic (exact) mass is 157 g/mol. The summed E-state index contributed by atoms with van der Waals surface area (Å²) in [5.74, 6) is 0. The van der Waals surface area contributed by atoms with Crippen molar-refractivity contribution in [3.05, 3.63) is 0 Å². The molecule has 0 saturated heterocycles. The van der Waals surface area contributed by atoms with Gasteiger partial charge in [0.1, 0.15) is 0 Å². The van der Waals surface area contributed by atoms with Crippen molar-refractivity contribution in [3.63, 3.8) is 0 Å². The first kappa shape index (κ1) is 9.01. The maximum absolute atomic E-state index is 11.1. The molecule has 1 rings (SSSR count). The van der Waals surface area contributed by atoms with Gasteiger partial charge in [0.25, 0.3) is 0 Å². The average molecular weight is 157 g/mol. The molecule has 0 spiro atoms. The Morgan fingerprint density at radius 3 is 2.64 bits per heavy atom. The van der Waals surface area contributed by atoms with E-state index in [-0.39, 0.29) is 6.10 Å². The summed E-state index contributed by atoms with van der Waals surface area (Å²) in [5, 5.41) is 11.1. The zero-order valence-corrected chi connectivity index (χ0v) is 7.21. The molecule has 65 valence electrons. The van der Waals surface area contributed by atoms with Gasteiger partial charge in [-0.15, -0.1) is 0 Å². The van der Waals surface area contributed by atoms with Crippen LogP contribution in [0.25, 0.3) is 0 Å². The van der Waals surface area contributed by atoms with E-state index in [0.29, 0.717) is 6.42 Å². The zero-order valence-electron chi connectivity index (χ0n) is 7.21. The van der Waals surface area contributed by atoms with Crippen molar-refractivity contribution >= 4 is 0 Å². The van der Waals surface area contributed by atoms with Crippen molar-refractivity contribution in [2.24, 2.45) is 0 Å². The lowest BCUT2D eigenvalue weighted by Crippen LogP contribution is -2.17. The smallest absolute Gasteiger partial charge is 0.191 e. The Kier molecular flexibility index (Phi) is 3.87. The number of hydrogen-bond donors (Lipinski definition) is 0. The molecule has 0 aromatic rings. The molecule has 1 atom stereocenters. The summed E-state index contributed by atoms with van der Waals surface area (Å²) in [6, 6.07) is 0. The Bertz CT molecular complexity index is 97.7. The molecule has 1 unspecified atom stereocenters. The predicted octanol–water partition coefficient (Wildman–Crippen LogP) is 2.50. The van der Waals surface area contributed by atoms with E-state index in [2.05, 4.69) is 0 Å². The average Bonchev–Trinajstić information content (AvgIpc) is 2.40. The van der Waals surface area contributed by atoms with Crippen LogP contribution >= 0.6 is 0 Å². The van der Waals surface area contributed by atoms with Gasteiger partial charge in [0.2, 0.25) is 0 Å². The van der Waals surface area contributed by atoms with Crippen molar-refractivity contribution in [2.45, 2.75) is 57.8 Å². The van der Waals surface area contributed by atoms with Gasteiger partial charge in [0.05, 0.1) is 6.10 Å². The summed E-state index contributed by atoms with van der Waals surface area (Å²) < 4.78 is 5.30. The van der Waals surface area contributed by atoms with Gasteiger partial charge in [0, 0.05) is 6.42 Å². The third-order valence-corrected chi connectivity index (χ3v) is 2.17. The summed E-state index contributed by atoms with van der Waals surface area (Å²) in [5.41, 5.74) is 0. The van der Waals surface area contributed by atoms with Gasteiger partial charge in [-0.3, -0.25) is 0 Å². The molecule has 0 bridgehead atoms. The van der Waals surface area contributed by atoms with Crippen LogP contribution in [0.4, 0.5) is 0 Å². The Labute approximate surface area is 68.6 Å². The molecular weight excluding hydrogens is 140 g/mol. The minimum absolute atomic E-state index is 0.282. The third-order valence-electron chi connectivity index (χ3n) is 2.17. The molecule has 0 heterocycles. The summed E-state index contributed by atoms with van der Waals surface area (Å²) in [6.07, 6.45) is 5.79. The molecule has 11 heavy (non-hydrogen) atoms. The maximum atomic E-state index is 11.1. The van der Waals surface area contributed by atoms with Crippen molar-refractivity contribution in [3.8, 4) is 0 Å². The lowest BCUT2D eigenvalue weighted by Gasteiger charge is -2.14. The molecule has 0 aliphatic heterocycles. The van der Waals surface area contributed by atoms with Gasteiger partial charge in [-0.25, -0.2) is 5.11 Å². The van der Waals surface area contributed by atoms with Gasteiger partial charge < -0.3 is 4.74 Å². The van der Waals surface area contributed by atoms with Gasteiger partial charge in [-0.1, -0.05) is 26.2 Å². The first-order valence-corrected chi connectivity index (χ1v) is 4.64. The summed E-state index contributed by atoms with van der Waals surface area (Å²) in [4.78, 5) is 0. The van der Waals surface area contributed by atoms with Gasteiger partial charge in [0.15, 0.2) is 6.29 Å². The van der Waals surface area contributed by atoms with Crippen LogP contribution in [0, 0.1) is 0 Å². The third kappa shape index (κ3) is 3.21. The lowest BCUT2D eigenvalue weighted by molar-refractivity contribution is -0.171. The Balaban J connectivity index is 2.08. The zero-order chi connectivity index (χ0) is 8.10. The fourth-order valence-corrected chi connectivity index (χ4v) is 1.54. The standard InChI is InChI=1S/C9H17O2/c1-2-5-9(10)11-8-6-3-4-7-8/h8-9H,2-7H2,1H3. The van der Waals surface area contributed by atoms with Crippen molar-refractivity contribution in [2.75, 3.05) is 0 Å². The highest BCUT2D eigenvalue weighted by molar-refractivity contribution is 4.66.